The lowest BCUT2D eigenvalue weighted by Gasteiger charge is -2.29. The van der Waals surface area contributed by atoms with Crippen LogP contribution in [0.15, 0.2) is 69.1 Å². The molecular weight excluding hydrogens is 509 g/mol. The number of fused-ring (bicyclic) bond motifs is 2. The average molecular weight is 541 g/mol. The van der Waals surface area contributed by atoms with E-state index in [-0.39, 0.29) is 11.1 Å². The summed E-state index contributed by atoms with van der Waals surface area (Å²) < 4.78 is 0. The van der Waals surface area contributed by atoms with Crippen LogP contribution >= 0.6 is 21.6 Å². The number of nitrogens with one attached hydrogen (secondary N) is 2. The first-order valence-corrected chi connectivity index (χ1v) is 15.8. The fraction of sp³-hybridized carbons (Fsp3) is 0.467. The maximum atomic E-state index is 9.18. The Kier molecular flexibility index (Phi) is 10.2. The van der Waals surface area contributed by atoms with Gasteiger partial charge in [-0.25, -0.2) is 0 Å². The van der Waals surface area contributed by atoms with E-state index in [9.17, 15) is 21.0 Å². The van der Waals surface area contributed by atoms with Gasteiger partial charge in [-0.05, 0) is 97.6 Å². The predicted molar refractivity (Wildman–Crippen MR) is 154 cm³/mol. The molecule has 0 saturated carbocycles. The monoisotopic (exact) mass is 540 g/mol. The molecule has 0 aromatic heterocycles. The molecule has 194 valence electrons. The minimum Gasteiger partial charge on any atom is -0.387 e. The van der Waals surface area contributed by atoms with Crippen molar-refractivity contribution in [3.05, 3.63) is 69.1 Å². The molecule has 4 aliphatic carbocycles. The Hall–Kier alpha value is -3.30. The molecule has 0 aromatic rings. The SMILES string of the molecule is N#CC(C#N)=C1C=C2C=C(NCCSSCCNC3=CC4=CC(=C(C#N)C#N)CCC4CC3)CCC2CC1. The third kappa shape index (κ3) is 7.17. The average Bonchev–Trinajstić information content (AvgIpc) is 2.95. The Bertz CT molecular complexity index is 1150. The van der Waals surface area contributed by atoms with Gasteiger partial charge in [-0.1, -0.05) is 33.7 Å². The number of nitrogens with zero attached hydrogens (tertiary/aromatic N) is 4. The van der Waals surface area contributed by atoms with Gasteiger partial charge in [0, 0.05) is 36.0 Å². The van der Waals surface area contributed by atoms with E-state index in [2.05, 4.69) is 34.9 Å². The first-order valence-electron chi connectivity index (χ1n) is 13.3. The van der Waals surface area contributed by atoms with Crippen LogP contribution in [0, 0.1) is 57.2 Å². The first kappa shape index (κ1) is 27.7. The van der Waals surface area contributed by atoms with E-state index in [1.807, 2.05) is 45.9 Å². The van der Waals surface area contributed by atoms with Crippen molar-refractivity contribution in [1.82, 2.24) is 10.6 Å². The minimum atomic E-state index is 0.249. The van der Waals surface area contributed by atoms with Crippen LogP contribution in [0.25, 0.3) is 0 Å². The van der Waals surface area contributed by atoms with Crippen LogP contribution in [0.1, 0.15) is 51.4 Å². The maximum absolute atomic E-state index is 9.18. The van der Waals surface area contributed by atoms with Gasteiger partial charge in [0.1, 0.15) is 35.4 Å². The van der Waals surface area contributed by atoms with Crippen LogP contribution in [-0.4, -0.2) is 24.6 Å². The van der Waals surface area contributed by atoms with E-state index < -0.39 is 0 Å². The van der Waals surface area contributed by atoms with Crippen molar-refractivity contribution in [2.24, 2.45) is 11.8 Å². The molecule has 8 heteroatoms. The molecule has 6 nitrogen and oxygen atoms in total. The summed E-state index contributed by atoms with van der Waals surface area (Å²) in [4.78, 5) is 0. The van der Waals surface area contributed by atoms with Crippen molar-refractivity contribution in [2.75, 3.05) is 24.6 Å². The molecule has 4 rings (SSSR count). The third-order valence-electron chi connectivity index (χ3n) is 7.60. The Morgan fingerprint density at radius 3 is 1.42 bits per heavy atom. The van der Waals surface area contributed by atoms with E-state index in [1.165, 1.54) is 22.5 Å². The number of rotatable bonds is 9. The van der Waals surface area contributed by atoms with Crippen molar-refractivity contribution in [3.63, 3.8) is 0 Å². The number of hydrogen-bond acceptors (Lipinski definition) is 8. The van der Waals surface area contributed by atoms with Gasteiger partial charge < -0.3 is 10.6 Å². The Labute approximate surface area is 233 Å². The van der Waals surface area contributed by atoms with Crippen LogP contribution in [0.4, 0.5) is 0 Å². The molecule has 0 fully saturated rings. The molecule has 0 heterocycles. The molecule has 0 spiro atoms. The molecule has 0 aliphatic heterocycles. The molecule has 0 saturated heterocycles. The van der Waals surface area contributed by atoms with E-state index >= 15 is 0 Å². The van der Waals surface area contributed by atoms with Gasteiger partial charge in [-0.3, -0.25) is 0 Å². The fourth-order valence-corrected chi connectivity index (χ4v) is 7.37. The Morgan fingerprint density at radius 1 is 0.632 bits per heavy atom. The second-order valence-corrected chi connectivity index (χ2v) is 12.6. The van der Waals surface area contributed by atoms with Crippen molar-refractivity contribution in [3.8, 4) is 24.3 Å². The highest BCUT2D eigenvalue weighted by molar-refractivity contribution is 8.76. The van der Waals surface area contributed by atoms with E-state index in [1.54, 1.807) is 0 Å². The predicted octanol–water partition coefficient (Wildman–Crippen LogP) is 6.26. The van der Waals surface area contributed by atoms with Gasteiger partial charge in [0.2, 0.25) is 0 Å². The summed E-state index contributed by atoms with van der Waals surface area (Å²) in [6.45, 7) is 1.84. The summed E-state index contributed by atoms with van der Waals surface area (Å²) in [6, 6.07) is 8.13. The Balaban J connectivity index is 1.16. The normalized spacial score (nSPS) is 21.9. The van der Waals surface area contributed by atoms with Crippen LogP contribution in [-0.2, 0) is 0 Å². The van der Waals surface area contributed by atoms with Crippen LogP contribution in [0.2, 0.25) is 0 Å². The zero-order valence-electron chi connectivity index (χ0n) is 21.6. The lowest BCUT2D eigenvalue weighted by molar-refractivity contribution is 0.488. The topological polar surface area (TPSA) is 119 Å². The van der Waals surface area contributed by atoms with E-state index in [4.69, 9.17) is 0 Å². The van der Waals surface area contributed by atoms with Crippen molar-refractivity contribution in [1.29, 1.82) is 21.0 Å². The van der Waals surface area contributed by atoms with Crippen molar-refractivity contribution >= 4 is 21.6 Å². The molecule has 2 unspecified atom stereocenters. The number of hydrogen-bond donors (Lipinski definition) is 2. The van der Waals surface area contributed by atoms with Crippen molar-refractivity contribution in [2.45, 2.75) is 51.4 Å². The second kappa shape index (κ2) is 14.0. The van der Waals surface area contributed by atoms with Gasteiger partial charge >= 0.3 is 0 Å². The highest BCUT2D eigenvalue weighted by atomic mass is 33.1. The van der Waals surface area contributed by atoms with Crippen LogP contribution < -0.4 is 10.6 Å². The molecule has 4 aliphatic rings. The first-order chi connectivity index (χ1) is 18.6. The minimum absolute atomic E-state index is 0.249. The van der Waals surface area contributed by atoms with Crippen LogP contribution in [0.3, 0.4) is 0 Å². The highest BCUT2D eigenvalue weighted by Gasteiger charge is 2.25. The third-order valence-corrected chi connectivity index (χ3v) is 10.0. The van der Waals surface area contributed by atoms with E-state index in [0.29, 0.717) is 11.8 Å². The summed E-state index contributed by atoms with van der Waals surface area (Å²) in [5, 5.41) is 43.9. The van der Waals surface area contributed by atoms with Gasteiger partial charge in [0.05, 0.1) is 0 Å². The standard InChI is InChI=1S/C30H32N6S2/c31-17-27(18-32)23-3-1-21-5-7-29(15-25(21)13-23)35-9-11-37-38-12-10-36-30-8-6-22-2-4-24(14-26(22)16-30)28(19-33)20-34/h13-16,21-22,35-36H,1-12H2. The maximum Gasteiger partial charge on any atom is 0.132 e. The lowest BCUT2D eigenvalue weighted by atomic mass is 9.78. The quantitative estimate of drug-likeness (QED) is 0.200. The molecule has 0 radical (unpaired) electrons. The zero-order valence-corrected chi connectivity index (χ0v) is 23.2. The summed E-state index contributed by atoms with van der Waals surface area (Å²) in [6.07, 6.45) is 16.6. The fourth-order valence-electron chi connectivity index (χ4n) is 5.56. The highest BCUT2D eigenvalue weighted by Crippen LogP contribution is 2.38. The summed E-state index contributed by atoms with van der Waals surface area (Å²) in [7, 11) is 3.77. The smallest absolute Gasteiger partial charge is 0.132 e. The molecule has 0 aromatic carbocycles. The zero-order chi connectivity index (χ0) is 26.7. The van der Waals surface area contributed by atoms with Crippen molar-refractivity contribution < 1.29 is 0 Å². The van der Waals surface area contributed by atoms with Gasteiger partial charge in [0.15, 0.2) is 0 Å². The van der Waals surface area contributed by atoms with E-state index in [0.717, 1.165) is 87.1 Å². The molecule has 0 amide bonds. The molecular formula is C30H32N6S2. The summed E-state index contributed by atoms with van der Waals surface area (Å²) >= 11 is 0. The van der Waals surface area contributed by atoms with Crippen LogP contribution in [0.5, 0.6) is 0 Å². The van der Waals surface area contributed by atoms with Gasteiger partial charge in [-0.2, -0.15) is 21.0 Å². The van der Waals surface area contributed by atoms with Gasteiger partial charge in [0.25, 0.3) is 0 Å². The number of nitriles is 4. The number of allylic oxidation sites excluding steroid dienone is 12. The lowest BCUT2D eigenvalue weighted by Crippen LogP contribution is -2.23. The Morgan fingerprint density at radius 2 is 1.03 bits per heavy atom. The largest absolute Gasteiger partial charge is 0.387 e. The molecule has 2 N–H and O–H groups in total. The second-order valence-electron chi connectivity index (χ2n) is 9.92. The molecule has 0 bridgehead atoms. The van der Waals surface area contributed by atoms with Gasteiger partial charge in [-0.15, -0.1) is 0 Å². The summed E-state index contributed by atoms with van der Waals surface area (Å²) in [5.74, 6) is 3.14. The molecule has 2 atom stereocenters. The molecule has 38 heavy (non-hydrogen) atoms. The summed E-state index contributed by atoms with van der Waals surface area (Å²) in [5.41, 5.74) is 7.28.